The van der Waals surface area contributed by atoms with Crippen molar-refractivity contribution in [2.45, 2.75) is 13.1 Å². The number of nitrogens with two attached hydrogens (primary N) is 1. The van der Waals surface area contributed by atoms with Crippen LogP contribution in [0.15, 0.2) is 60.9 Å². The minimum atomic E-state index is -5.08. The second-order valence-corrected chi connectivity index (χ2v) is 7.98. The molecule has 16 heteroatoms. The maximum absolute atomic E-state index is 10.6. The molecule has 0 unspecified atom stereocenters. The Bertz CT molecular complexity index is 1750. The molecule has 6 aromatic rings. The lowest BCUT2D eigenvalue weighted by molar-refractivity contribution is -0.192. The largest absolute Gasteiger partial charge is 0.490 e. The minimum absolute atomic E-state index is 0.374. The third-order valence-electron chi connectivity index (χ3n) is 5.17. The summed E-state index contributed by atoms with van der Waals surface area (Å²) in [7, 11) is 0. The smallest absolute Gasteiger partial charge is 0.475 e. The minimum Gasteiger partial charge on any atom is -0.475 e. The fraction of sp³-hybridized carbons (Fsp3) is 0.0870. The number of benzene rings is 1. The van der Waals surface area contributed by atoms with Gasteiger partial charge in [-0.1, -0.05) is 12.1 Å². The number of alkyl halides is 3. The van der Waals surface area contributed by atoms with E-state index in [0.29, 0.717) is 46.3 Å². The van der Waals surface area contributed by atoms with E-state index in [2.05, 4.69) is 40.4 Å². The van der Waals surface area contributed by atoms with Crippen LogP contribution < -0.4 is 11.1 Å². The first-order valence-corrected chi connectivity index (χ1v) is 11.1. The highest BCUT2D eigenvalue weighted by Gasteiger charge is 2.38. The van der Waals surface area contributed by atoms with Crippen molar-refractivity contribution in [1.29, 1.82) is 0 Å². The number of nitrogen functional groups attached to an aromatic ring is 1. The zero-order valence-corrected chi connectivity index (χ0v) is 19.9. The number of carboxylic acid groups (broad SMARTS) is 1. The monoisotopic (exact) mass is 537 g/mol. The first kappa shape index (κ1) is 25.1. The SMILES string of the molecule is Cc1nc(N)cc(-c2c(Nc3ccn(-c4nc5ccccc5[nH]4)n3)nc3cccnn23)n1.O=C(O)C(F)(F)F. The van der Waals surface area contributed by atoms with Crippen LogP contribution in [0.3, 0.4) is 0 Å². The summed E-state index contributed by atoms with van der Waals surface area (Å²) in [4.78, 5) is 30.1. The number of carboxylic acids is 1. The van der Waals surface area contributed by atoms with Gasteiger partial charge in [0.05, 0.1) is 16.7 Å². The van der Waals surface area contributed by atoms with Crippen LogP contribution in [0.1, 0.15) is 5.82 Å². The molecule has 0 aliphatic carbocycles. The molecule has 0 saturated heterocycles. The Morgan fingerprint density at radius 3 is 2.56 bits per heavy atom. The number of imidazole rings is 2. The van der Waals surface area contributed by atoms with Gasteiger partial charge in [0.1, 0.15) is 17.3 Å². The van der Waals surface area contributed by atoms with Crippen molar-refractivity contribution in [1.82, 2.24) is 44.3 Å². The highest BCUT2D eigenvalue weighted by molar-refractivity contribution is 5.78. The number of anilines is 3. The van der Waals surface area contributed by atoms with E-state index in [1.807, 2.05) is 48.7 Å². The average Bonchev–Trinajstić information content (AvgIpc) is 3.59. The highest BCUT2D eigenvalue weighted by Crippen LogP contribution is 2.30. The summed E-state index contributed by atoms with van der Waals surface area (Å²) < 4.78 is 35.1. The molecule has 0 aliphatic rings. The van der Waals surface area contributed by atoms with Gasteiger partial charge in [0, 0.05) is 24.5 Å². The normalized spacial score (nSPS) is 11.4. The van der Waals surface area contributed by atoms with Crippen LogP contribution in [0.2, 0.25) is 0 Å². The summed E-state index contributed by atoms with van der Waals surface area (Å²) in [6, 6.07) is 15.1. The molecule has 0 amide bonds. The first-order valence-electron chi connectivity index (χ1n) is 11.1. The second kappa shape index (κ2) is 9.73. The van der Waals surface area contributed by atoms with Crippen molar-refractivity contribution in [3.8, 4) is 17.3 Å². The van der Waals surface area contributed by atoms with Crippen LogP contribution in [0.5, 0.6) is 0 Å². The number of carbonyl (C=O) groups is 1. The molecule has 39 heavy (non-hydrogen) atoms. The fourth-order valence-corrected chi connectivity index (χ4v) is 3.60. The van der Waals surface area contributed by atoms with Gasteiger partial charge in [0.2, 0.25) is 5.95 Å². The number of nitrogens with one attached hydrogen (secondary N) is 2. The van der Waals surface area contributed by atoms with E-state index >= 15 is 0 Å². The molecule has 0 radical (unpaired) electrons. The Morgan fingerprint density at radius 2 is 1.85 bits per heavy atom. The number of nitrogens with zero attached hydrogens (tertiary/aromatic N) is 8. The van der Waals surface area contributed by atoms with Crippen molar-refractivity contribution in [2.24, 2.45) is 0 Å². The molecule has 0 atom stereocenters. The lowest BCUT2D eigenvalue weighted by atomic mass is 10.3. The Labute approximate surface area is 216 Å². The van der Waals surface area contributed by atoms with E-state index in [-0.39, 0.29) is 0 Å². The zero-order chi connectivity index (χ0) is 27.7. The van der Waals surface area contributed by atoms with E-state index in [0.717, 1.165) is 11.0 Å². The summed E-state index contributed by atoms with van der Waals surface area (Å²) >= 11 is 0. The number of rotatable bonds is 4. The number of aryl methyl sites for hydroxylation is 1. The van der Waals surface area contributed by atoms with Gasteiger partial charge in [-0.25, -0.2) is 33.9 Å². The maximum Gasteiger partial charge on any atom is 0.490 e. The molecule has 0 saturated carbocycles. The van der Waals surface area contributed by atoms with Gasteiger partial charge in [0.25, 0.3) is 0 Å². The molecule has 198 valence electrons. The number of aromatic nitrogens is 9. The van der Waals surface area contributed by atoms with E-state index in [1.54, 1.807) is 28.4 Å². The van der Waals surface area contributed by atoms with Crippen LogP contribution in [0.4, 0.5) is 30.6 Å². The Morgan fingerprint density at radius 1 is 1.08 bits per heavy atom. The first-order chi connectivity index (χ1) is 18.6. The van der Waals surface area contributed by atoms with Crippen LogP contribution in [-0.4, -0.2) is 61.6 Å². The summed E-state index contributed by atoms with van der Waals surface area (Å²) in [6.45, 7) is 1.79. The number of aromatic amines is 1. The van der Waals surface area contributed by atoms with E-state index < -0.39 is 12.1 Å². The topological polar surface area (TPSA) is 178 Å². The zero-order valence-electron chi connectivity index (χ0n) is 19.9. The van der Waals surface area contributed by atoms with Crippen LogP contribution in [-0.2, 0) is 4.79 Å². The molecule has 1 aromatic carbocycles. The van der Waals surface area contributed by atoms with Crippen molar-refractivity contribution < 1.29 is 23.1 Å². The molecule has 5 N–H and O–H groups in total. The Kier molecular flexibility index (Phi) is 6.27. The molecular weight excluding hydrogens is 519 g/mol. The third-order valence-corrected chi connectivity index (χ3v) is 5.17. The fourth-order valence-electron chi connectivity index (χ4n) is 3.60. The highest BCUT2D eigenvalue weighted by atomic mass is 19.4. The number of hydrogen-bond donors (Lipinski definition) is 4. The lowest BCUT2D eigenvalue weighted by Crippen LogP contribution is -2.21. The van der Waals surface area contributed by atoms with Crippen molar-refractivity contribution in [3.63, 3.8) is 0 Å². The molecule has 13 nitrogen and oxygen atoms in total. The summed E-state index contributed by atoms with van der Waals surface area (Å²) in [6.07, 6.45) is -1.57. The van der Waals surface area contributed by atoms with Crippen molar-refractivity contribution >= 4 is 40.1 Å². The Balaban J connectivity index is 0.000000392. The number of fused-ring (bicyclic) bond motifs is 2. The summed E-state index contributed by atoms with van der Waals surface area (Å²) in [5, 5.41) is 19.4. The number of halogens is 3. The molecule has 0 spiro atoms. The Hall–Kier alpha value is -5.54. The summed E-state index contributed by atoms with van der Waals surface area (Å²) in [5.74, 6) is -0.0581. The van der Waals surface area contributed by atoms with Gasteiger partial charge in [0.15, 0.2) is 17.3 Å². The molecule has 5 aromatic heterocycles. The molecular formula is C23H18F3N11O2. The lowest BCUT2D eigenvalue weighted by Gasteiger charge is -2.06. The number of H-pyrrole nitrogens is 1. The van der Waals surface area contributed by atoms with E-state index in [1.165, 1.54) is 0 Å². The molecule has 6 rings (SSSR count). The van der Waals surface area contributed by atoms with E-state index in [9.17, 15) is 13.2 Å². The standard InChI is InChI=1S/C21H17N11.C2HF3O2/c1-12-24-15(11-16(22)25-12)19-20(29-18-7-4-9-23-32(18)19)28-17-8-10-31(30-17)21-26-13-5-2-3-6-14(13)27-21;3-2(4,5)1(6)7/h2-11H,1H3,(H,26,27)(H,28,30)(H2,22,24,25);(H,6,7). The second-order valence-electron chi connectivity index (χ2n) is 7.98. The number of aliphatic carboxylic acids is 1. The van der Waals surface area contributed by atoms with Gasteiger partial charge in [-0.15, -0.1) is 5.10 Å². The van der Waals surface area contributed by atoms with Gasteiger partial charge < -0.3 is 21.1 Å². The maximum atomic E-state index is 10.6. The predicted molar refractivity (Wildman–Crippen MR) is 133 cm³/mol. The predicted octanol–water partition coefficient (Wildman–Crippen LogP) is 3.52. The van der Waals surface area contributed by atoms with Gasteiger partial charge in [-0.05, 0) is 31.2 Å². The third kappa shape index (κ3) is 5.29. The van der Waals surface area contributed by atoms with Gasteiger partial charge >= 0.3 is 12.1 Å². The van der Waals surface area contributed by atoms with E-state index in [4.69, 9.17) is 15.6 Å². The van der Waals surface area contributed by atoms with Crippen molar-refractivity contribution in [3.05, 3.63) is 66.7 Å². The quantitative estimate of drug-likeness (QED) is 0.260. The number of hydrogen-bond acceptors (Lipinski definition) is 9. The molecule has 0 aliphatic heterocycles. The molecule has 5 heterocycles. The van der Waals surface area contributed by atoms with Crippen molar-refractivity contribution in [2.75, 3.05) is 11.1 Å². The van der Waals surface area contributed by atoms with Gasteiger partial charge in [-0.2, -0.15) is 18.3 Å². The van der Waals surface area contributed by atoms with Crippen LogP contribution >= 0.6 is 0 Å². The molecule has 0 fully saturated rings. The van der Waals surface area contributed by atoms with Crippen LogP contribution in [0, 0.1) is 6.92 Å². The number of para-hydroxylation sites is 2. The summed E-state index contributed by atoms with van der Waals surface area (Å²) in [5.41, 5.74) is 9.72. The van der Waals surface area contributed by atoms with Crippen LogP contribution in [0.25, 0.3) is 34.0 Å². The molecule has 0 bridgehead atoms. The van der Waals surface area contributed by atoms with Gasteiger partial charge in [-0.3, -0.25) is 0 Å². The average molecular weight is 537 g/mol.